The van der Waals surface area contributed by atoms with E-state index in [0.29, 0.717) is 0 Å². The van der Waals surface area contributed by atoms with Gasteiger partial charge in [0.25, 0.3) is 5.69 Å². The number of carbonyl (C=O) groups is 2. The van der Waals surface area contributed by atoms with Crippen LogP contribution < -0.4 is 5.32 Å². The normalized spacial score (nSPS) is 11.3. The summed E-state index contributed by atoms with van der Waals surface area (Å²) in [6.07, 6.45) is 1.63. The minimum absolute atomic E-state index is 0.125. The molecule has 116 valence electrons. The van der Waals surface area contributed by atoms with E-state index < -0.39 is 22.5 Å². The molecule has 2 rings (SSSR count). The number of hydrogen-bond acceptors (Lipinski definition) is 5. The second-order valence-electron chi connectivity index (χ2n) is 4.72. The van der Waals surface area contributed by atoms with Gasteiger partial charge in [-0.15, -0.1) is 0 Å². The topological polar surface area (TPSA) is 118 Å². The fourth-order valence-corrected chi connectivity index (χ4v) is 1.98. The maximum Gasteiger partial charge on any atom is 0.269 e. The van der Waals surface area contributed by atoms with Crippen molar-refractivity contribution >= 4 is 23.1 Å². The third-order valence-corrected chi connectivity index (χ3v) is 3.20. The van der Waals surface area contributed by atoms with Gasteiger partial charge in [-0.25, -0.2) is 0 Å². The molecule has 0 aliphatic heterocycles. The molecule has 0 fully saturated rings. The zero-order chi connectivity index (χ0) is 17.0. The van der Waals surface area contributed by atoms with Crippen LogP contribution in [-0.2, 0) is 11.8 Å². The van der Waals surface area contributed by atoms with Crippen LogP contribution >= 0.6 is 0 Å². The first kappa shape index (κ1) is 15.9. The van der Waals surface area contributed by atoms with Gasteiger partial charge in [0.1, 0.15) is 0 Å². The number of rotatable bonds is 5. The SMILES string of the molecule is Cn1cccc1C(=O)C(C#N)C(=O)Nc1ccc([N+](=O)[O-])cc1. The van der Waals surface area contributed by atoms with Crippen molar-refractivity contribution < 1.29 is 14.5 Å². The first-order valence-corrected chi connectivity index (χ1v) is 6.54. The molecule has 0 radical (unpaired) electrons. The Hall–Kier alpha value is -3.47. The van der Waals surface area contributed by atoms with Crippen LogP contribution in [-0.4, -0.2) is 21.2 Å². The number of amides is 1. The molecule has 0 aliphatic rings. The van der Waals surface area contributed by atoms with E-state index in [-0.39, 0.29) is 17.1 Å². The van der Waals surface area contributed by atoms with Gasteiger partial charge in [-0.3, -0.25) is 19.7 Å². The number of nitro groups is 1. The van der Waals surface area contributed by atoms with Crippen molar-refractivity contribution in [1.29, 1.82) is 5.26 Å². The molecule has 0 saturated heterocycles. The summed E-state index contributed by atoms with van der Waals surface area (Å²) in [5, 5.41) is 22.1. The highest BCUT2D eigenvalue weighted by Crippen LogP contribution is 2.17. The van der Waals surface area contributed by atoms with Crippen LogP contribution in [0.5, 0.6) is 0 Å². The highest BCUT2D eigenvalue weighted by atomic mass is 16.6. The van der Waals surface area contributed by atoms with E-state index in [1.807, 2.05) is 0 Å². The molecule has 1 unspecified atom stereocenters. The number of nitro benzene ring substituents is 1. The third-order valence-electron chi connectivity index (χ3n) is 3.20. The van der Waals surface area contributed by atoms with Crippen LogP contribution in [0.15, 0.2) is 42.6 Å². The third kappa shape index (κ3) is 3.41. The zero-order valence-electron chi connectivity index (χ0n) is 12.1. The Bertz CT molecular complexity index is 802. The number of nitriles is 1. The number of ketones is 1. The van der Waals surface area contributed by atoms with Crippen molar-refractivity contribution in [3.05, 3.63) is 58.4 Å². The fourth-order valence-electron chi connectivity index (χ4n) is 1.98. The van der Waals surface area contributed by atoms with E-state index in [4.69, 9.17) is 5.26 Å². The lowest BCUT2D eigenvalue weighted by Gasteiger charge is -2.10. The van der Waals surface area contributed by atoms with Gasteiger partial charge in [0, 0.05) is 31.1 Å². The Balaban J connectivity index is 2.15. The molecule has 0 spiro atoms. The van der Waals surface area contributed by atoms with Gasteiger partial charge in [0.2, 0.25) is 11.7 Å². The molecule has 1 atom stereocenters. The molecule has 1 N–H and O–H groups in total. The van der Waals surface area contributed by atoms with Gasteiger partial charge in [0.05, 0.1) is 16.7 Å². The Morgan fingerprint density at radius 2 is 1.96 bits per heavy atom. The Morgan fingerprint density at radius 1 is 1.30 bits per heavy atom. The van der Waals surface area contributed by atoms with E-state index in [9.17, 15) is 19.7 Å². The highest BCUT2D eigenvalue weighted by molar-refractivity contribution is 6.15. The smallest absolute Gasteiger partial charge is 0.269 e. The zero-order valence-corrected chi connectivity index (χ0v) is 12.1. The molecular weight excluding hydrogens is 300 g/mol. The highest BCUT2D eigenvalue weighted by Gasteiger charge is 2.29. The van der Waals surface area contributed by atoms with Crippen LogP contribution in [0.4, 0.5) is 11.4 Å². The second kappa shape index (κ2) is 6.53. The molecular formula is C15H12N4O4. The minimum atomic E-state index is -1.50. The lowest BCUT2D eigenvalue weighted by atomic mass is 10.0. The lowest BCUT2D eigenvalue weighted by molar-refractivity contribution is -0.384. The van der Waals surface area contributed by atoms with Crippen molar-refractivity contribution in [3.63, 3.8) is 0 Å². The van der Waals surface area contributed by atoms with E-state index in [0.717, 1.165) is 0 Å². The molecule has 0 saturated carbocycles. The van der Waals surface area contributed by atoms with Crippen molar-refractivity contribution in [1.82, 2.24) is 4.57 Å². The lowest BCUT2D eigenvalue weighted by Crippen LogP contribution is -2.29. The molecule has 1 amide bonds. The Morgan fingerprint density at radius 3 is 2.43 bits per heavy atom. The van der Waals surface area contributed by atoms with E-state index in [2.05, 4.69) is 5.32 Å². The van der Waals surface area contributed by atoms with E-state index >= 15 is 0 Å². The Kier molecular flexibility index (Phi) is 4.52. The largest absolute Gasteiger partial charge is 0.348 e. The van der Waals surface area contributed by atoms with Crippen LogP contribution in [0.3, 0.4) is 0 Å². The van der Waals surface area contributed by atoms with Crippen molar-refractivity contribution in [3.8, 4) is 6.07 Å². The average Bonchev–Trinajstić information content (AvgIpc) is 2.94. The molecule has 8 heteroatoms. The van der Waals surface area contributed by atoms with Gasteiger partial charge in [-0.2, -0.15) is 5.26 Å². The minimum Gasteiger partial charge on any atom is -0.348 e. The summed E-state index contributed by atoms with van der Waals surface area (Å²) in [7, 11) is 1.63. The number of aromatic nitrogens is 1. The average molecular weight is 312 g/mol. The summed E-state index contributed by atoms with van der Waals surface area (Å²) in [6.45, 7) is 0. The number of hydrogen-bond donors (Lipinski definition) is 1. The van der Waals surface area contributed by atoms with Crippen LogP contribution in [0, 0.1) is 27.4 Å². The quantitative estimate of drug-likeness (QED) is 0.391. The van der Waals surface area contributed by atoms with Crippen molar-refractivity contribution in [2.45, 2.75) is 0 Å². The van der Waals surface area contributed by atoms with Gasteiger partial charge in [-0.1, -0.05) is 0 Å². The van der Waals surface area contributed by atoms with Crippen LogP contribution in [0.25, 0.3) is 0 Å². The number of benzene rings is 1. The van der Waals surface area contributed by atoms with Gasteiger partial charge >= 0.3 is 0 Å². The summed E-state index contributed by atoms with van der Waals surface area (Å²) in [4.78, 5) is 34.4. The number of carbonyl (C=O) groups excluding carboxylic acids is 2. The first-order valence-electron chi connectivity index (χ1n) is 6.54. The number of Topliss-reactive ketones (excluding diaryl/α,β-unsaturated/α-hetero) is 1. The molecule has 2 aromatic rings. The molecule has 0 aliphatic carbocycles. The second-order valence-corrected chi connectivity index (χ2v) is 4.72. The standard InChI is InChI=1S/C15H12N4O4/c1-18-8-2-3-13(18)14(20)12(9-16)15(21)17-10-4-6-11(7-5-10)19(22)23/h2-8,12H,1H3,(H,17,21). The molecule has 1 aromatic carbocycles. The maximum absolute atomic E-state index is 12.2. The van der Waals surface area contributed by atoms with E-state index in [1.165, 1.54) is 34.9 Å². The predicted molar refractivity (Wildman–Crippen MR) is 80.6 cm³/mol. The Labute approximate surface area is 131 Å². The monoisotopic (exact) mass is 312 g/mol. The van der Waals surface area contributed by atoms with E-state index in [1.54, 1.807) is 25.4 Å². The summed E-state index contributed by atoms with van der Waals surface area (Å²) < 4.78 is 1.52. The summed E-state index contributed by atoms with van der Waals surface area (Å²) in [5.74, 6) is -2.90. The summed E-state index contributed by atoms with van der Waals surface area (Å²) in [5.41, 5.74) is 0.385. The first-order chi connectivity index (χ1) is 10.9. The van der Waals surface area contributed by atoms with Crippen molar-refractivity contribution in [2.75, 3.05) is 5.32 Å². The molecule has 23 heavy (non-hydrogen) atoms. The maximum atomic E-state index is 12.2. The predicted octanol–water partition coefficient (Wildman–Crippen LogP) is 1.89. The molecule has 1 heterocycles. The number of nitrogens with one attached hydrogen (secondary N) is 1. The van der Waals surface area contributed by atoms with Crippen molar-refractivity contribution in [2.24, 2.45) is 13.0 Å². The number of nitrogens with zero attached hydrogens (tertiary/aromatic N) is 3. The number of non-ortho nitro benzene ring substituents is 1. The number of anilines is 1. The number of aryl methyl sites for hydroxylation is 1. The van der Waals surface area contributed by atoms with Crippen LogP contribution in [0.2, 0.25) is 0 Å². The summed E-state index contributed by atoms with van der Waals surface area (Å²) in [6, 6.07) is 9.94. The molecule has 0 bridgehead atoms. The fraction of sp³-hybridized carbons (Fsp3) is 0.133. The molecule has 8 nitrogen and oxygen atoms in total. The van der Waals surface area contributed by atoms with Gasteiger partial charge < -0.3 is 9.88 Å². The van der Waals surface area contributed by atoms with Gasteiger partial charge in [-0.05, 0) is 24.3 Å². The summed E-state index contributed by atoms with van der Waals surface area (Å²) >= 11 is 0. The molecule has 1 aromatic heterocycles. The van der Waals surface area contributed by atoms with Crippen LogP contribution in [0.1, 0.15) is 10.5 Å². The van der Waals surface area contributed by atoms with Gasteiger partial charge in [0.15, 0.2) is 5.92 Å².